The van der Waals surface area contributed by atoms with E-state index in [0.29, 0.717) is 30.0 Å². The van der Waals surface area contributed by atoms with Crippen molar-refractivity contribution in [2.45, 2.75) is 57.2 Å². The van der Waals surface area contributed by atoms with E-state index in [1.807, 2.05) is 48.7 Å². The van der Waals surface area contributed by atoms with Crippen LogP contribution in [0.4, 0.5) is 0 Å². The summed E-state index contributed by atoms with van der Waals surface area (Å²) in [6, 6.07) is 18.8. The first-order chi connectivity index (χ1) is 18.0. The molecule has 0 aliphatic carbocycles. The maximum Gasteiger partial charge on any atom is 0.253 e. The molecule has 4 rings (SSSR count). The van der Waals surface area contributed by atoms with Gasteiger partial charge in [-0.25, -0.2) is 9.97 Å². The highest BCUT2D eigenvalue weighted by molar-refractivity contribution is 5.94. The van der Waals surface area contributed by atoms with Gasteiger partial charge in [-0.2, -0.15) is 10.5 Å². The molecule has 2 aromatic heterocycles. The van der Waals surface area contributed by atoms with E-state index in [9.17, 15) is 10.1 Å². The minimum Gasteiger partial charge on any atom is -0.474 e. The van der Waals surface area contributed by atoms with Crippen LogP contribution in [-0.4, -0.2) is 40.6 Å². The van der Waals surface area contributed by atoms with Crippen molar-refractivity contribution in [2.24, 2.45) is 0 Å². The van der Waals surface area contributed by atoms with Gasteiger partial charge in [0.2, 0.25) is 5.88 Å². The van der Waals surface area contributed by atoms with Gasteiger partial charge in [0.05, 0.1) is 23.3 Å². The Labute approximate surface area is 217 Å². The molecule has 3 unspecified atom stereocenters. The molecule has 3 aromatic rings. The largest absolute Gasteiger partial charge is 0.474 e. The van der Waals surface area contributed by atoms with Crippen LogP contribution in [0.3, 0.4) is 0 Å². The van der Waals surface area contributed by atoms with Crippen molar-refractivity contribution >= 4 is 5.91 Å². The molecular weight excluding hydrogens is 464 g/mol. The summed E-state index contributed by atoms with van der Waals surface area (Å²) < 4.78 is 5.99. The third-order valence-corrected chi connectivity index (χ3v) is 6.76. The Morgan fingerprint density at radius 2 is 1.78 bits per heavy atom. The number of nitrogens with zero attached hydrogens (tertiary/aromatic N) is 4. The molecule has 1 aromatic carbocycles. The number of hydrogen-bond donors (Lipinski definition) is 2. The van der Waals surface area contributed by atoms with Crippen molar-refractivity contribution in [3.05, 3.63) is 88.9 Å². The molecular formula is C29H30N6O2. The van der Waals surface area contributed by atoms with Crippen LogP contribution in [0.5, 0.6) is 5.88 Å². The van der Waals surface area contributed by atoms with E-state index >= 15 is 0 Å². The van der Waals surface area contributed by atoms with E-state index in [1.165, 1.54) is 12.3 Å². The number of nitriles is 2. The lowest BCUT2D eigenvalue weighted by molar-refractivity contribution is 0.0939. The lowest BCUT2D eigenvalue weighted by atomic mass is 9.84. The third kappa shape index (κ3) is 6.30. The molecule has 8 nitrogen and oxygen atoms in total. The van der Waals surface area contributed by atoms with Crippen molar-refractivity contribution in [3.8, 4) is 18.0 Å². The molecule has 0 saturated carbocycles. The summed E-state index contributed by atoms with van der Waals surface area (Å²) in [6.07, 6.45) is 5.98. The first-order valence-corrected chi connectivity index (χ1v) is 12.6. The summed E-state index contributed by atoms with van der Waals surface area (Å²) >= 11 is 0. The zero-order chi connectivity index (χ0) is 26.2. The van der Waals surface area contributed by atoms with E-state index in [4.69, 9.17) is 10.00 Å². The van der Waals surface area contributed by atoms with Crippen LogP contribution < -0.4 is 15.4 Å². The van der Waals surface area contributed by atoms with E-state index in [-0.39, 0.29) is 35.7 Å². The van der Waals surface area contributed by atoms with E-state index < -0.39 is 0 Å². The number of nitrogens with one attached hydrogen (secondary N) is 2. The summed E-state index contributed by atoms with van der Waals surface area (Å²) in [5.74, 6) is 0.362. The second-order valence-electron chi connectivity index (χ2n) is 9.16. The average Bonchev–Trinajstić information content (AvgIpc) is 3.40. The molecule has 1 aliphatic heterocycles. The summed E-state index contributed by atoms with van der Waals surface area (Å²) in [7, 11) is 0. The number of carbonyl (C=O) groups excluding carboxylic acids is 1. The van der Waals surface area contributed by atoms with Gasteiger partial charge >= 0.3 is 0 Å². The maximum absolute atomic E-state index is 12.7. The molecule has 37 heavy (non-hydrogen) atoms. The summed E-state index contributed by atoms with van der Waals surface area (Å²) in [5.41, 5.74) is 3.39. The number of aromatic nitrogens is 2. The minimum atomic E-state index is -0.219. The van der Waals surface area contributed by atoms with Crippen molar-refractivity contribution in [1.82, 2.24) is 20.6 Å². The first-order valence-electron chi connectivity index (χ1n) is 12.6. The molecule has 2 N–H and O–H groups in total. The number of carbonyl (C=O) groups is 1. The number of ether oxygens (including phenoxy) is 1. The molecule has 8 heteroatoms. The monoisotopic (exact) mass is 494 g/mol. The molecule has 1 saturated heterocycles. The van der Waals surface area contributed by atoms with Crippen LogP contribution in [0, 0.1) is 22.7 Å². The van der Waals surface area contributed by atoms with Gasteiger partial charge in [0, 0.05) is 43.0 Å². The van der Waals surface area contributed by atoms with Gasteiger partial charge in [-0.3, -0.25) is 4.79 Å². The number of benzene rings is 1. The zero-order valence-electron chi connectivity index (χ0n) is 21.0. The minimum absolute atomic E-state index is 0.0269. The quantitative estimate of drug-likeness (QED) is 0.459. The number of pyridine rings is 2. The molecule has 0 spiro atoms. The molecule has 188 valence electrons. The number of hydrogen-bond acceptors (Lipinski definition) is 7. The van der Waals surface area contributed by atoms with E-state index in [0.717, 1.165) is 24.0 Å². The first kappa shape index (κ1) is 25.8. The standard InChI is InChI=1S/C29H30N6O2/c1-3-25(4-2)37-27-12-10-21(16-34-27)28(20-7-5-19(14-30)6-8-20)26-13-24(18-33-26)35-29(36)22-9-11-23(15-31)32-17-22/h5-12,16-17,24-26,28,33H,3-4,13,18H2,1-2H3,(H,35,36). The third-order valence-electron chi connectivity index (χ3n) is 6.76. The molecule has 1 amide bonds. The molecule has 1 fully saturated rings. The predicted octanol–water partition coefficient (Wildman–Crippen LogP) is 4.08. The smallest absolute Gasteiger partial charge is 0.253 e. The fourth-order valence-corrected chi connectivity index (χ4v) is 4.69. The van der Waals surface area contributed by atoms with Gasteiger partial charge in [0.1, 0.15) is 11.8 Å². The Morgan fingerprint density at radius 1 is 1.03 bits per heavy atom. The van der Waals surface area contributed by atoms with E-state index in [1.54, 1.807) is 6.07 Å². The highest BCUT2D eigenvalue weighted by atomic mass is 16.5. The number of amides is 1. The molecule has 3 atom stereocenters. The van der Waals surface area contributed by atoms with Crippen LogP contribution in [-0.2, 0) is 0 Å². The average molecular weight is 495 g/mol. The van der Waals surface area contributed by atoms with Crippen molar-refractivity contribution in [1.29, 1.82) is 10.5 Å². The normalized spacial score (nSPS) is 17.5. The maximum atomic E-state index is 12.7. The summed E-state index contributed by atoms with van der Waals surface area (Å²) in [5, 5.41) is 24.8. The number of rotatable bonds is 9. The lowest BCUT2D eigenvalue weighted by Crippen LogP contribution is -2.36. The fraction of sp³-hybridized carbons (Fsp3) is 0.345. The Balaban J connectivity index is 1.52. The van der Waals surface area contributed by atoms with Gasteiger partial charge in [0.25, 0.3) is 5.91 Å². The Hall–Kier alpha value is -4.27. The van der Waals surface area contributed by atoms with Crippen LogP contribution in [0.25, 0.3) is 0 Å². The van der Waals surface area contributed by atoms with Crippen LogP contribution in [0.2, 0.25) is 0 Å². The summed E-state index contributed by atoms with van der Waals surface area (Å²) in [4.78, 5) is 21.3. The van der Waals surface area contributed by atoms with Crippen molar-refractivity contribution < 1.29 is 9.53 Å². The highest BCUT2D eigenvalue weighted by Gasteiger charge is 2.33. The van der Waals surface area contributed by atoms with Gasteiger partial charge in [-0.1, -0.05) is 32.0 Å². The van der Waals surface area contributed by atoms with Crippen LogP contribution in [0.1, 0.15) is 71.8 Å². The molecule has 0 bridgehead atoms. The van der Waals surface area contributed by atoms with Crippen LogP contribution >= 0.6 is 0 Å². The van der Waals surface area contributed by atoms with Crippen molar-refractivity contribution in [2.75, 3.05) is 6.54 Å². The Kier molecular flexibility index (Phi) is 8.45. The van der Waals surface area contributed by atoms with Gasteiger partial charge in [0.15, 0.2) is 0 Å². The van der Waals surface area contributed by atoms with Gasteiger partial charge < -0.3 is 15.4 Å². The topological polar surface area (TPSA) is 124 Å². The molecule has 0 radical (unpaired) electrons. The zero-order valence-corrected chi connectivity index (χ0v) is 21.0. The predicted molar refractivity (Wildman–Crippen MR) is 139 cm³/mol. The van der Waals surface area contributed by atoms with Crippen molar-refractivity contribution in [3.63, 3.8) is 0 Å². The highest BCUT2D eigenvalue weighted by Crippen LogP contribution is 2.33. The second kappa shape index (κ2) is 12.1. The Morgan fingerprint density at radius 3 is 2.38 bits per heavy atom. The van der Waals surface area contributed by atoms with Gasteiger partial charge in [-0.05, 0) is 54.7 Å². The molecule has 1 aliphatic rings. The van der Waals surface area contributed by atoms with Gasteiger partial charge in [-0.15, -0.1) is 0 Å². The fourth-order valence-electron chi connectivity index (χ4n) is 4.69. The van der Waals surface area contributed by atoms with E-state index in [2.05, 4.69) is 40.5 Å². The SMILES string of the molecule is CCC(CC)Oc1ccc(C(c2ccc(C#N)cc2)C2CC(NC(=O)c3ccc(C#N)nc3)CN2)cn1. The molecule has 3 heterocycles. The second-order valence-corrected chi connectivity index (χ2v) is 9.16. The lowest BCUT2D eigenvalue weighted by Gasteiger charge is -2.25. The Bertz CT molecular complexity index is 1270. The summed E-state index contributed by atoms with van der Waals surface area (Å²) in [6.45, 7) is 4.82. The van der Waals surface area contributed by atoms with Crippen LogP contribution in [0.15, 0.2) is 60.9 Å².